The summed E-state index contributed by atoms with van der Waals surface area (Å²) in [5.74, 6) is 0. The third kappa shape index (κ3) is 2.76. The van der Waals surface area contributed by atoms with Crippen LogP contribution in [-0.4, -0.2) is 42.6 Å². The van der Waals surface area contributed by atoms with Crippen LogP contribution in [0.25, 0.3) is 0 Å². The van der Waals surface area contributed by atoms with Crippen LogP contribution in [0.4, 0.5) is 5.69 Å². The molecule has 2 aliphatic rings. The molecule has 1 aromatic heterocycles. The van der Waals surface area contributed by atoms with E-state index in [9.17, 15) is 0 Å². The molecule has 0 atom stereocenters. The molecule has 0 N–H and O–H groups in total. The number of likely N-dealkylation sites (tertiary alicyclic amines) is 1. The maximum atomic E-state index is 4.11. The van der Waals surface area contributed by atoms with Crippen molar-refractivity contribution in [2.24, 2.45) is 5.41 Å². The first-order chi connectivity index (χ1) is 9.31. The standard InChI is InChI=1S/C16H25N3/c1-2-18-11-3-6-16(14-18)7-12-19(13-8-16)15-4-9-17-10-5-15/h4-5,9-10H,2-3,6-8,11-14H2,1H3. The Bertz CT molecular complexity index is 396. The van der Waals surface area contributed by atoms with Gasteiger partial charge in [0.15, 0.2) is 0 Å². The Morgan fingerprint density at radius 3 is 2.53 bits per heavy atom. The highest BCUT2D eigenvalue weighted by atomic mass is 15.2. The minimum atomic E-state index is 0.609. The molecule has 3 heteroatoms. The second-order valence-electron chi connectivity index (χ2n) is 6.16. The van der Waals surface area contributed by atoms with Crippen LogP contribution in [0.5, 0.6) is 0 Å². The predicted octanol–water partition coefficient (Wildman–Crippen LogP) is 2.78. The zero-order valence-electron chi connectivity index (χ0n) is 12.0. The van der Waals surface area contributed by atoms with Gasteiger partial charge in [0.1, 0.15) is 0 Å². The largest absolute Gasteiger partial charge is 0.371 e. The second kappa shape index (κ2) is 5.49. The lowest BCUT2D eigenvalue weighted by Gasteiger charge is -2.48. The van der Waals surface area contributed by atoms with Gasteiger partial charge in [-0.05, 0) is 56.3 Å². The van der Waals surface area contributed by atoms with Gasteiger partial charge in [-0.3, -0.25) is 4.98 Å². The molecule has 0 unspecified atom stereocenters. The first kappa shape index (κ1) is 12.9. The second-order valence-corrected chi connectivity index (χ2v) is 6.16. The topological polar surface area (TPSA) is 19.4 Å². The van der Waals surface area contributed by atoms with Crippen LogP contribution in [0, 0.1) is 5.41 Å². The van der Waals surface area contributed by atoms with Crippen LogP contribution in [0.15, 0.2) is 24.5 Å². The third-order valence-electron chi connectivity index (χ3n) is 5.04. The first-order valence-electron chi connectivity index (χ1n) is 7.69. The van der Waals surface area contributed by atoms with E-state index < -0.39 is 0 Å². The van der Waals surface area contributed by atoms with E-state index in [0.717, 1.165) is 0 Å². The summed E-state index contributed by atoms with van der Waals surface area (Å²) in [5, 5.41) is 0. The lowest BCUT2D eigenvalue weighted by Crippen LogP contribution is -2.49. The molecule has 0 saturated carbocycles. The summed E-state index contributed by atoms with van der Waals surface area (Å²) in [5.41, 5.74) is 1.95. The first-order valence-corrected chi connectivity index (χ1v) is 7.69. The van der Waals surface area contributed by atoms with Crippen molar-refractivity contribution in [3.8, 4) is 0 Å². The molecule has 0 radical (unpaired) electrons. The smallest absolute Gasteiger partial charge is 0.0397 e. The van der Waals surface area contributed by atoms with Crippen molar-refractivity contribution in [3.63, 3.8) is 0 Å². The molecule has 1 aromatic rings. The van der Waals surface area contributed by atoms with Crippen LogP contribution in [0.1, 0.15) is 32.6 Å². The zero-order chi connectivity index (χ0) is 13.1. The molecule has 0 bridgehead atoms. The summed E-state index contributed by atoms with van der Waals surface area (Å²) < 4.78 is 0. The van der Waals surface area contributed by atoms with Crippen molar-refractivity contribution < 1.29 is 0 Å². The van der Waals surface area contributed by atoms with Gasteiger partial charge < -0.3 is 9.80 Å². The van der Waals surface area contributed by atoms with E-state index in [1.165, 1.54) is 64.1 Å². The predicted molar refractivity (Wildman–Crippen MR) is 79.5 cm³/mol. The van der Waals surface area contributed by atoms with E-state index in [1.807, 2.05) is 12.4 Å². The lowest BCUT2D eigenvalue weighted by atomic mass is 9.72. The molecule has 2 aliphatic heterocycles. The van der Waals surface area contributed by atoms with Gasteiger partial charge in [-0.25, -0.2) is 0 Å². The Labute approximate surface area is 116 Å². The Morgan fingerprint density at radius 2 is 1.84 bits per heavy atom. The molecule has 2 saturated heterocycles. The van der Waals surface area contributed by atoms with Crippen LogP contribution in [-0.2, 0) is 0 Å². The molecule has 104 valence electrons. The minimum Gasteiger partial charge on any atom is -0.371 e. The van der Waals surface area contributed by atoms with Crippen LogP contribution in [0.3, 0.4) is 0 Å². The van der Waals surface area contributed by atoms with Crippen molar-refractivity contribution >= 4 is 5.69 Å². The molecule has 0 amide bonds. The molecular weight excluding hydrogens is 234 g/mol. The highest BCUT2D eigenvalue weighted by Crippen LogP contribution is 2.40. The van der Waals surface area contributed by atoms with Gasteiger partial charge in [0, 0.05) is 37.7 Å². The third-order valence-corrected chi connectivity index (χ3v) is 5.04. The molecule has 1 spiro atoms. The summed E-state index contributed by atoms with van der Waals surface area (Å²) in [6.45, 7) is 8.57. The van der Waals surface area contributed by atoms with E-state index in [4.69, 9.17) is 0 Å². The molecule has 0 aromatic carbocycles. The fraction of sp³-hybridized carbons (Fsp3) is 0.688. The number of pyridine rings is 1. The SMILES string of the molecule is CCN1CCCC2(CCN(c3ccncc3)CC2)C1. The highest BCUT2D eigenvalue weighted by molar-refractivity contribution is 5.45. The van der Waals surface area contributed by atoms with Crippen molar-refractivity contribution in [1.29, 1.82) is 0 Å². The number of nitrogens with zero attached hydrogens (tertiary/aromatic N) is 3. The average Bonchev–Trinajstić information content (AvgIpc) is 2.49. The van der Waals surface area contributed by atoms with Crippen molar-refractivity contribution in [2.45, 2.75) is 32.6 Å². The summed E-state index contributed by atoms with van der Waals surface area (Å²) in [7, 11) is 0. The quantitative estimate of drug-likeness (QED) is 0.814. The molecule has 0 aliphatic carbocycles. The Hall–Kier alpha value is -1.09. The number of rotatable bonds is 2. The number of anilines is 1. The van der Waals surface area contributed by atoms with E-state index in [-0.39, 0.29) is 0 Å². The van der Waals surface area contributed by atoms with Crippen molar-refractivity contribution in [3.05, 3.63) is 24.5 Å². The fourth-order valence-corrected chi connectivity index (χ4v) is 3.78. The molecule has 3 heterocycles. The van der Waals surface area contributed by atoms with Gasteiger partial charge in [0.05, 0.1) is 0 Å². The summed E-state index contributed by atoms with van der Waals surface area (Å²) in [6, 6.07) is 4.27. The van der Waals surface area contributed by atoms with Gasteiger partial charge in [-0.1, -0.05) is 6.92 Å². The number of hydrogen-bond acceptors (Lipinski definition) is 3. The Balaban J connectivity index is 1.63. The Kier molecular flexibility index (Phi) is 3.74. The average molecular weight is 259 g/mol. The minimum absolute atomic E-state index is 0.609. The maximum absolute atomic E-state index is 4.11. The van der Waals surface area contributed by atoms with Gasteiger partial charge >= 0.3 is 0 Å². The molecule has 3 nitrogen and oxygen atoms in total. The molecule has 2 fully saturated rings. The summed E-state index contributed by atoms with van der Waals surface area (Å²) in [6.07, 6.45) is 9.34. The van der Waals surface area contributed by atoms with Crippen LogP contribution in [0.2, 0.25) is 0 Å². The number of piperidine rings is 2. The molecular formula is C16H25N3. The lowest BCUT2D eigenvalue weighted by molar-refractivity contribution is 0.0688. The maximum Gasteiger partial charge on any atom is 0.0397 e. The van der Waals surface area contributed by atoms with Gasteiger partial charge in [-0.2, -0.15) is 0 Å². The summed E-state index contributed by atoms with van der Waals surface area (Å²) >= 11 is 0. The fourth-order valence-electron chi connectivity index (χ4n) is 3.78. The number of aromatic nitrogens is 1. The highest BCUT2D eigenvalue weighted by Gasteiger charge is 2.37. The van der Waals surface area contributed by atoms with Crippen molar-refractivity contribution in [2.75, 3.05) is 37.6 Å². The van der Waals surface area contributed by atoms with Gasteiger partial charge in [0.25, 0.3) is 0 Å². The van der Waals surface area contributed by atoms with Crippen LogP contribution < -0.4 is 4.90 Å². The van der Waals surface area contributed by atoms with E-state index in [2.05, 4.69) is 33.8 Å². The van der Waals surface area contributed by atoms with E-state index in [1.54, 1.807) is 0 Å². The summed E-state index contributed by atoms with van der Waals surface area (Å²) in [4.78, 5) is 9.28. The monoisotopic (exact) mass is 259 g/mol. The van der Waals surface area contributed by atoms with Crippen LogP contribution >= 0.6 is 0 Å². The normalized spacial score (nSPS) is 23.7. The van der Waals surface area contributed by atoms with Crippen molar-refractivity contribution in [1.82, 2.24) is 9.88 Å². The zero-order valence-corrected chi connectivity index (χ0v) is 12.0. The van der Waals surface area contributed by atoms with Gasteiger partial charge in [0.2, 0.25) is 0 Å². The Morgan fingerprint density at radius 1 is 1.11 bits per heavy atom. The molecule has 19 heavy (non-hydrogen) atoms. The van der Waals surface area contributed by atoms with E-state index >= 15 is 0 Å². The van der Waals surface area contributed by atoms with Gasteiger partial charge in [-0.15, -0.1) is 0 Å². The molecule has 3 rings (SSSR count). The number of hydrogen-bond donors (Lipinski definition) is 0. The van der Waals surface area contributed by atoms with E-state index in [0.29, 0.717) is 5.41 Å².